The Labute approximate surface area is 240 Å². The molecule has 9 heteroatoms. The second kappa shape index (κ2) is 11.6. The first-order chi connectivity index (χ1) is 19.3. The number of nitrogens with zero attached hydrogens (tertiary/aromatic N) is 1. The lowest BCUT2D eigenvalue weighted by atomic mass is 10.0. The van der Waals surface area contributed by atoms with Crippen LogP contribution in [0.1, 0.15) is 31.8 Å². The zero-order valence-electron chi connectivity index (χ0n) is 20.9. The van der Waals surface area contributed by atoms with E-state index in [1.807, 2.05) is 30.3 Å². The van der Waals surface area contributed by atoms with E-state index in [0.29, 0.717) is 22.0 Å². The maximum atomic E-state index is 13.2. The van der Waals surface area contributed by atoms with Gasteiger partial charge in [-0.1, -0.05) is 89.9 Å². The first-order valence-corrected chi connectivity index (χ1v) is 12.9. The molecule has 0 saturated carbocycles. The lowest BCUT2D eigenvalue weighted by Gasteiger charge is -2.15. The van der Waals surface area contributed by atoms with E-state index in [2.05, 4.69) is 10.6 Å². The number of carbonyl (C=O) groups is 4. The van der Waals surface area contributed by atoms with Crippen molar-refractivity contribution in [2.75, 3.05) is 10.6 Å². The molecule has 0 bridgehead atoms. The molecule has 0 aliphatic carbocycles. The minimum absolute atomic E-state index is 0.0754. The Kier molecular flexibility index (Phi) is 7.77. The summed E-state index contributed by atoms with van der Waals surface area (Å²) in [5.74, 6) is -1.96. The topological polar surface area (TPSA) is 95.6 Å². The number of hydrogen-bond acceptors (Lipinski definition) is 5. The number of hydrogen-bond donors (Lipinski definition) is 2. The molecule has 0 spiro atoms. The maximum Gasteiger partial charge on any atom is 0.279 e. The number of benzene rings is 4. The molecule has 198 valence electrons. The third-order valence-corrected chi connectivity index (χ3v) is 6.79. The first-order valence-electron chi connectivity index (χ1n) is 12.2. The van der Waals surface area contributed by atoms with E-state index in [1.165, 1.54) is 12.1 Å². The second-order valence-corrected chi connectivity index (χ2v) is 9.73. The fraction of sp³-hybridized carbons (Fsp3) is 0.0323. The van der Waals surface area contributed by atoms with Gasteiger partial charge in [-0.25, -0.2) is 0 Å². The van der Waals surface area contributed by atoms with Crippen LogP contribution in [0.25, 0.3) is 0 Å². The predicted octanol–water partition coefficient (Wildman–Crippen LogP) is 6.25. The molecule has 4 aromatic carbocycles. The number of carbonyl (C=O) groups excluding carboxylic acids is 4. The molecule has 5 rings (SSSR count). The smallest absolute Gasteiger partial charge is 0.279 e. The Morgan fingerprint density at radius 2 is 1.40 bits per heavy atom. The van der Waals surface area contributed by atoms with Crippen LogP contribution in [0.2, 0.25) is 5.02 Å². The lowest BCUT2D eigenvalue weighted by Crippen LogP contribution is -2.31. The van der Waals surface area contributed by atoms with Crippen LogP contribution in [0.3, 0.4) is 0 Å². The van der Waals surface area contributed by atoms with Gasteiger partial charge in [-0.2, -0.15) is 0 Å². The van der Waals surface area contributed by atoms with Crippen LogP contribution < -0.4 is 10.6 Å². The van der Waals surface area contributed by atoms with Gasteiger partial charge in [0.25, 0.3) is 17.7 Å². The fourth-order valence-electron chi connectivity index (χ4n) is 4.20. The predicted molar refractivity (Wildman–Crippen MR) is 154 cm³/mol. The molecule has 4 aromatic rings. The van der Waals surface area contributed by atoms with Crippen molar-refractivity contribution >= 4 is 58.1 Å². The van der Waals surface area contributed by atoms with Crippen LogP contribution in [0, 0.1) is 0 Å². The largest absolute Gasteiger partial charge is 0.350 e. The molecule has 0 fully saturated rings. The third-order valence-electron chi connectivity index (χ3n) is 6.20. The zero-order chi connectivity index (χ0) is 28.2. The van der Waals surface area contributed by atoms with Gasteiger partial charge in [-0.15, -0.1) is 0 Å². The highest BCUT2D eigenvalue weighted by atomic mass is 35.5. The Bertz CT molecular complexity index is 1670. The van der Waals surface area contributed by atoms with Crippen LogP contribution in [0.15, 0.2) is 114 Å². The van der Waals surface area contributed by atoms with Crippen LogP contribution in [-0.2, 0) is 16.1 Å². The number of imide groups is 1. The van der Waals surface area contributed by atoms with E-state index >= 15 is 0 Å². The van der Waals surface area contributed by atoms with E-state index in [-0.39, 0.29) is 34.2 Å². The fourth-order valence-corrected chi connectivity index (χ4v) is 4.60. The summed E-state index contributed by atoms with van der Waals surface area (Å²) in [7, 11) is 0. The molecule has 2 N–H and O–H groups in total. The Morgan fingerprint density at radius 1 is 0.725 bits per heavy atom. The molecule has 0 radical (unpaired) electrons. The van der Waals surface area contributed by atoms with Gasteiger partial charge in [-0.05, 0) is 42.0 Å². The molecule has 40 heavy (non-hydrogen) atoms. The molecule has 0 atom stereocenters. The third kappa shape index (κ3) is 5.66. The summed E-state index contributed by atoms with van der Waals surface area (Å²) in [6.45, 7) is 0.0769. The molecule has 1 aliphatic heterocycles. The van der Waals surface area contributed by atoms with E-state index in [4.69, 9.17) is 23.2 Å². The van der Waals surface area contributed by atoms with Crippen LogP contribution in [0.4, 0.5) is 11.4 Å². The van der Waals surface area contributed by atoms with Crippen molar-refractivity contribution in [2.24, 2.45) is 0 Å². The number of halogens is 2. The van der Waals surface area contributed by atoms with Gasteiger partial charge in [0.15, 0.2) is 5.78 Å². The SMILES string of the molecule is O=C(Nc1ccc(Cl)cc1C(=O)c1ccccc1)c1cccc(NC2=C(Cl)C(=O)N(Cc3ccccc3)C2=O)c1. The van der Waals surface area contributed by atoms with Crippen LogP contribution >= 0.6 is 23.2 Å². The summed E-state index contributed by atoms with van der Waals surface area (Å²) < 4.78 is 0. The normalized spacial score (nSPS) is 13.0. The van der Waals surface area contributed by atoms with Crippen molar-refractivity contribution in [3.8, 4) is 0 Å². The average molecular weight is 570 g/mol. The lowest BCUT2D eigenvalue weighted by molar-refractivity contribution is -0.138. The van der Waals surface area contributed by atoms with Crippen molar-refractivity contribution in [3.05, 3.63) is 141 Å². The molecule has 1 heterocycles. The van der Waals surface area contributed by atoms with Crippen molar-refractivity contribution in [1.29, 1.82) is 0 Å². The second-order valence-electron chi connectivity index (χ2n) is 8.92. The standard InChI is InChI=1S/C31H21Cl2N3O4/c32-22-14-15-25(24(17-22)28(37)20-10-5-2-6-11-20)35-29(38)21-12-7-13-23(16-21)34-27-26(33)30(39)36(31(27)40)18-19-8-3-1-4-9-19/h1-17,34H,18H2,(H,35,38). The maximum absolute atomic E-state index is 13.2. The van der Waals surface area contributed by atoms with Gasteiger partial charge in [0.2, 0.25) is 0 Å². The minimum atomic E-state index is -0.606. The van der Waals surface area contributed by atoms with Crippen molar-refractivity contribution < 1.29 is 19.2 Å². The molecule has 1 aliphatic rings. The van der Waals surface area contributed by atoms with E-state index < -0.39 is 17.7 Å². The highest BCUT2D eigenvalue weighted by Crippen LogP contribution is 2.28. The number of rotatable bonds is 8. The Morgan fingerprint density at radius 3 is 2.12 bits per heavy atom. The van der Waals surface area contributed by atoms with Gasteiger partial charge in [-0.3, -0.25) is 24.1 Å². The van der Waals surface area contributed by atoms with Crippen LogP contribution in [0.5, 0.6) is 0 Å². The van der Waals surface area contributed by atoms with Gasteiger partial charge in [0, 0.05) is 27.4 Å². The molecular formula is C31H21Cl2N3O4. The quantitative estimate of drug-likeness (QED) is 0.193. The van der Waals surface area contributed by atoms with Crippen molar-refractivity contribution in [2.45, 2.75) is 6.54 Å². The highest BCUT2D eigenvalue weighted by molar-refractivity contribution is 6.48. The molecular weight excluding hydrogens is 549 g/mol. The summed E-state index contributed by atoms with van der Waals surface area (Å²) in [6.07, 6.45) is 0. The molecule has 0 aromatic heterocycles. The van der Waals surface area contributed by atoms with Gasteiger partial charge < -0.3 is 10.6 Å². The average Bonchev–Trinajstić information content (AvgIpc) is 3.17. The summed E-state index contributed by atoms with van der Waals surface area (Å²) >= 11 is 12.4. The highest BCUT2D eigenvalue weighted by Gasteiger charge is 2.37. The van der Waals surface area contributed by atoms with Crippen LogP contribution in [-0.4, -0.2) is 28.4 Å². The Balaban J connectivity index is 1.34. The minimum Gasteiger partial charge on any atom is -0.350 e. The van der Waals surface area contributed by atoms with Gasteiger partial charge >= 0.3 is 0 Å². The van der Waals surface area contributed by atoms with Gasteiger partial charge in [0.05, 0.1) is 12.2 Å². The Hall–Kier alpha value is -4.72. The zero-order valence-corrected chi connectivity index (χ0v) is 22.4. The first kappa shape index (κ1) is 26.9. The number of ketones is 1. The molecule has 0 saturated heterocycles. The summed E-state index contributed by atoms with van der Waals surface area (Å²) in [6, 6.07) is 28.7. The van der Waals surface area contributed by atoms with Crippen molar-refractivity contribution in [1.82, 2.24) is 4.90 Å². The monoisotopic (exact) mass is 569 g/mol. The number of amides is 3. The summed E-state index contributed by atoms with van der Waals surface area (Å²) in [5, 5.41) is 5.78. The summed E-state index contributed by atoms with van der Waals surface area (Å²) in [4.78, 5) is 53.1. The van der Waals surface area contributed by atoms with E-state index in [0.717, 1.165) is 10.5 Å². The van der Waals surface area contributed by atoms with Crippen molar-refractivity contribution in [3.63, 3.8) is 0 Å². The summed E-state index contributed by atoms with van der Waals surface area (Å²) in [5.41, 5.74) is 2.31. The molecule has 3 amide bonds. The van der Waals surface area contributed by atoms with Gasteiger partial charge in [0.1, 0.15) is 10.7 Å². The van der Waals surface area contributed by atoms with E-state index in [1.54, 1.807) is 60.7 Å². The molecule has 0 unspecified atom stereocenters. The molecule has 7 nitrogen and oxygen atoms in total. The van der Waals surface area contributed by atoms with E-state index in [9.17, 15) is 19.2 Å². The number of nitrogens with one attached hydrogen (secondary N) is 2. The number of anilines is 2.